The lowest BCUT2D eigenvalue weighted by Gasteiger charge is -2.30. The van der Waals surface area contributed by atoms with Crippen molar-refractivity contribution in [2.24, 2.45) is 5.41 Å². The average Bonchev–Trinajstić information content (AvgIpc) is 2.86. The number of benzene rings is 1. The number of nitrogens with zero attached hydrogens (tertiary/aromatic N) is 2. The Labute approximate surface area is 142 Å². The van der Waals surface area contributed by atoms with Crippen molar-refractivity contribution >= 4 is 5.97 Å². The molecular formula is C19H24N2O3. The van der Waals surface area contributed by atoms with Crippen LogP contribution in [0.15, 0.2) is 24.3 Å². The zero-order valence-corrected chi connectivity index (χ0v) is 14.5. The number of hydrogen-bond acceptors (Lipinski definition) is 3. The third-order valence-corrected chi connectivity index (χ3v) is 4.80. The highest BCUT2D eigenvalue weighted by Gasteiger charge is 2.33. The van der Waals surface area contributed by atoms with Crippen LogP contribution in [0.5, 0.6) is 0 Å². The molecule has 3 rings (SSSR count). The van der Waals surface area contributed by atoms with Crippen molar-refractivity contribution in [3.8, 4) is 0 Å². The molecular weight excluding hydrogens is 304 g/mol. The molecule has 1 heterocycles. The molecule has 128 valence electrons. The quantitative estimate of drug-likeness (QED) is 0.915. The molecule has 5 heteroatoms. The number of fused-ring (bicyclic) bond motifs is 1. The maximum absolute atomic E-state index is 11.6. The van der Waals surface area contributed by atoms with Crippen molar-refractivity contribution in [2.45, 2.75) is 46.3 Å². The van der Waals surface area contributed by atoms with E-state index in [1.54, 1.807) is 7.11 Å². The van der Waals surface area contributed by atoms with Crippen molar-refractivity contribution in [3.05, 3.63) is 52.3 Å². The minimum atomic E-state index is -0.937. The first-order valence-electron chi connectivity index (χ1n) is 8.29. The van der Waals surface area contributed by atoms with Crippen LogP contribution in [0, 0.1) is 5.41 Å². The molecule has 0 fully saturated rings. The van der Waals surface area contributed by atoms with E-state index in [0.29, 0.717) is 13.2 Å². The van der Waals surface area contributed by atoms with Crippen molar-refractivity contribution in [3.63, 3.8) is 0 Å². The normalized spacial score (nSPS) is 16.0. The number of carboxylic acids is 1. The van der Waals surface area contributed by atoms with E-state index in [0.717, 1.165) is 41.6 Å². The van der Waals surface area contributed by atoms with E-state index in [9.17, 15) is 9.90 Å². The van der Waals surface area contributed by atoms with E-state index in [-0.39, 0.29) is 11.1 Å². The highest BCUT2D eigenvalue weighted by molar-refractivity contribution is 5.87. The van der Waals surface area contributed by atoms with E-state index in [4.69, 9.17) is 4.74 Å². The van der Waals surface area contributed by atoms with Crippen molar-refractivity contribution < 1.29 is 14.6 Å². The number of carbonyl (C=O) groups is 1. The van der Waals surface area contributed by atoms with Gasteiger partial charge in [-0.05, 0) is 35.8 Å². The van der Waals surface area contributed by atoms with Gasteiger partial charge in [0.15, 0.2) is 5.69 Å². The number of aromatic carboxylic acids is 1. The van der Waals surface area contributed by atoms with Crippen LogP contribution in [0.3, 0.4) is 0 Å². The third kappa shape index (κ3) is 3.22. The van der Waals surface area contributed by atoms with Crippen LogP contribution in [0.4, 0.5) is 0 Å². The lowest BCUT2D eigenvalue weighted by atomic mass is 9.76. The van der Waals surface area contributed by atoms with Gasteiger partial charge < -0.3 is 9.84 Å². The fraction of sp³-hybridized carbons (Fsp3) is 0.474. The summed E-state index contributed by atoms with van der Waals surface area (Å²) in [6.45, 7) is 5.49. The molecule has 0 atom stereocenters. The molecule has 1 aliphatic carbocycles. The van der Waals surface area contributed by atoms with Gasteiger partial charge in [0.25, 0.3) is 0 Å². The van der Waals surface area contributed by atoms with Gasteiger partial charge in [0.2, 0.25) is 0 Å². The lowest BCUT2D eigenvalue weighted by Crippen LogP contribution is -2.24. The summed E-state index contributed by atoms with van der Waals surface area (Å²) in [5.74, 6) is -0.937. The fourth-order valence-electron chi connectivity index (χ4n) is 3.50. The largest absolute Gasteiger partial charge is 0.476 e. The Morgan fingerprint density at radius 1 is 1.33 bits per heavy atom. The molecule has 1 aromatic carbocycles. The maximum Gasteiger partial charge on any atom is 0.356 e. The standard InChI is InChI=1S/C19H24N2O3/c1-19(2)9-8-16-15(10-19)17(18(22)23)20-21(16)11-13-6-4-5-7-14(13)12-24-3/h4-7H,8-12H2,1-3H3,(H,22,23). The third-order valence-electron chi connectivity index (χ3n) is 4.80. The van der Waals surface area contributed by atoms with Gasteiger partial charge in [0.05, 0.1) is 13.2 Å². The van der Waals surface area contributed by atoms with Crippen LogP contribution in [0.25, 0.3) is 0 Å². The van der Waals surface area contributed by atoms with E-state index >= 15 is 0 Å². The number of rotatable bonds is 5. The van der Waals surface area contributed by atoms with Crippen LogP contribution < -0.4 is 0 Å². The van der Waals surface area contributed by atoms with E-state index in [2.05, 4.69) is 25.0 Å². The van der Waals surface area contributed by atoms with E-state index in [1.165, 1.54) is 0 Å². The Balaban J connectivity index is 2.00. The van der Waals surface area contributed by atoms with Gasteiger partial charge in [-0.2, -0.15) is 5.10 Å². The summed E-state index contributed by atoms with van der Waals surface area (Å²) < 4.78 is 7.14. The molecule has 5 nitrogen and oxygen atoms in total. The second-order valence-electron chi connectivity index (χ2n) is 7.28. The number of aromatic nitrogens is 2. The van der Waals surface area contributed by atoms with Gasteiger partial charge in [0.1, 0.15) is 0 Å². The summed E-state index contributed by atoms with van der Waals surface area (Å²) in [7, 11) is 1.68. The number of methoxy groups -OCH3 is 1. The molecule has 0 spiro atoms. The van der Waals surface area contributed by atoms with E-state index < -0.39 is 5.97 Å². The highest BCUT2D eigenvalue weighted by Crippen LogP contribution is 2.36. The summed E-state index contributed by atoms with van der Waals surface area (Å²) >= 11 is 0. The van der Waals surface area contributed by atoms with Crippen LogP contribution in [-0.4, -0.2) is 28.0 Å². The molecule has 0 aliphatic heterocycles. The molecule has 0 radical (unpaired) electrons. The maximum atomic E-state index is 11.6. The van der Waals surface area contributed by atoms with Crippen LogP contribution >= 0.6 is 0 Å². The second-order valence-corrected chi connectivity index (χ2v) is 7.28. The molecule has 0 unspecified atom stereocenters. The van der Waals surface area contributed by atoms with Gasteiger partial charge in [-0.1, -0.05) is 38.1 Å². The predicted molar refractivity (Wildman–Crippen MR) is 91.2 cm³/mol. The van der Waals surface area contributed by atoms with Crippen LogP contribution in [0.2, 0.25) is 0 Å². The van der Waals surface area contributed by atoms with Gasteiger partial charge >= 0.3 is 5.97 Å². The smallest absolute Gasteiger partial charge is 0.356 e. The minimum Gasteiger partial charge on any atom is -0.476 e. The summed E-state index contributed by atoms with van der Waals surface area (Å²) in [5, 5.41) is 14.0. The van der Waals surface area contributed by atoms with E-state index in [1.807, 2.05) is 22.9 Å². The van der Waals surface area contributed by atoms with Gasteiger partial charge in [0, 0.05) is 18.4 Å². The Kier molecular flexibility index (Phi) is 4.45. The summed E-state index contributed by atoms with van der Waals surface area (Å²) in [4.78, 5) is 11.6. The van der Waals surface area contributed by atoms with Gasteiger partial charge in [-0.25, -0.2) is 4.79 Å². The van der Waals surface area contributed by atoms with Crippen molar-refractivity contribution in [1.82, 2.24) is 9.78 Å². The molecule has 1 N–H and O–H groups in total. The highest BCUT2D eigenvalue weighted by atomic mass is 16.5. The van der Waals surface area contributed by atoms with Crippen molar-refractivity contribution in [1.29, 1.82) is 0 Å². The summed E-state index contributed by atoms with van der Waals surface area (Å²) in [5.41, 5.74) is 4.53. The Hall–Kier alpha value is -2.14. The Morgan fingerprint density at radius 3 is 2.71 bits per heavy atom. The monoisotopic (exact) mass is 328 g/mol. The summed E-state index contributed by atoms with van der Waals surface area (Å²) in [6.07, 6.45) is 2.68. The first-order chi connectivity index (χ1) is 11.4. The summed E-state index contributed by atoms with van der Waals surface area (Å²) in [6, 6.07) is 8.07. The zero-order chi connectivity index (χ0) is 17.3. The molecule has 2 aromatic rings. The van der Waals surface area contributed by atoms with Gasteiger partial charge in [-0.15, -0.1) is 0 Å². The Bertz CT molecular complexity index is 762. The molecule has 1 aliphatic rings. The number of carboxylic acid groups (broad SMARTS) is 1. The number of ether oxygens (including phenoxy) is 1. The minimum absolute atomic E-state index is 0.124. The molecule has 0 bridgehead atoms. The zero-order valence-electron chi connectivity index (χ0n) is 14.5. The first kappa shape index (κ1) is 16.7. The molecule has 0 saturated heterocycles. The molecule has 0 saturated carbocycles. The molecule has 24 heavy (non-hydrogen) atoms. The van der Waals surface area contributed by atoms with Crippen LogP contribution in [0.1, 0.15) is 53.1 Å². The number of hydrogen-bond donors (Lipinski definition) is 1. The first-order valence-corrected chi connectivity index (χ1v) is 8.29. The molecule has 1 aromatic heterocycles. The second kappa shape index (κ2) is 6.40. The topological polar surface area (TPSA) is 64.4 Å². The van der Waals surface area contributed by atoms with Gasteiger partial charge in [-0.3, -0.25) is 4.68 Å². The SMILES string of the molecule is COCc1ccccc1Cn1nc(C(=O)O)c2c1CCC(C)(C)C2. The van der Waals surface area contributed by atoms with Crippen molar-refractivity contribution in [2.75, 3.05) is 7.11 Å². The molecule has 0 amide bonds. The average molecular weight is 328 g/mol. The van der Waals surface area contributed by atoms with Crippen LogP contribution in [-0.2, 0) is 30.7 Å². The fourth-order valence-corrected chi connectivity index (χ4v) is 3.50. The predicted octanol–water partition coefficient (Wildman–Crippen LogP) is 3.29. The Morgan fingerprint density at radius 2 is 2.04 bits per heavy atom. The lowest BCUT2D eigenvalue weighted by molar-refractivity contribution is 0.0687.